The summed E-state index contributed by atoms with van der Waals surface area (Å²) < 4.78 is 0. The van der Waals surface area contributed by atoms with Crippen molar-refractivity contribution in [2.24, 2.45) is 0 Å². The van der Waals surface area contributed by atoms with Crippen molar-refractivity contribution in [3.8, 4) is 11.4 Å². The lowest BCUT2D eigenvalue weighted by molar-refractivity contribution is -0.122. The van der Waals surface area contributed by atoms with E-state index in [9.17, 15) is 4.79 Å². The number of hydrogen-bond donors (Lipinski definition) is 1. The zero-order valence-corrected chi connectivity index (χ0v) is 14.9. The molecular formula is C15H13Cl2N5OS. The number of benzene rings is 1. The molecule has 0 saturated carbocycles. The maximum Gasteiger partial charge on any atom is 0.244 e. The predicted molar refractivity (Wildman–Crippen MR) is 94.1 cm³/mol. The molecule has 6 nitrogen and oxygen atoms in total. The molecule has 1 N–H and O–H groups in total. The summed E-state index contributed by atoms with van der Waals surface area (Å²) >= 11 is 13.4. The Kier molecular flexibility index (Phi) is 5.13. The largest absolute Gasteiger partial charge is 0.348 e. The second kappa shape index (κ2) is 7.29. The van der Waals surface area contributed by atoms with Crippen molar-refractivity contribution in [1.29, 1.82) is 0 Å². The second-order valence-corrected chi connectivity index (χ2v) is 6.71. The van der Waals surface area contributed by atoms with Crippen molar-refractivity contribution in [2.45, 2.75) is 19.5 Å². The third-order valence-corrected chi connectivity index (χ3v) is 4.76. The Bertz CT molecular complexity index is 849. The van der Waals surface area contributed by atoms with Gasteiger partial charge in [-0.05, 0) is 41.3 Å². The smallest absolute Gasteiger partial charge is 0.244 e. The van der Waals surface area contributed by atoms with Crippen LogP contribution in [0, 0.1) is 0 Å². The van der Waals surface area contributed by atoms with Crippen LogP contribution in [0.1, 0.15) is 18.5 Å². The molecule has 0 aliphatic heterocycles. The first-order valence-electron chi connectivity index (χ1n) is 7.07. The first-order valence-corrected chi connectivity index (χ1v) is 8.77. The summed E-state index contributed by atoms with van der Waals surface area (Å²) in [4.78, 5) is 13.4. The summed E-state index contributed by atoms with van der Waals surface area (Å²) in [5.74, 6) is 0.282. The summed E-state index contributed by atoms with van der Waals surface area (Å²) in [6.45, 7) is 1.85. The van der Waals surface area contributed by atoms with Crippen molar-refractivity contribution < 1.29 is 4.79 Å². The van der Waals surface area contributed by atoms with Crippen molar-refractivity contribution in [1.82, 2.24) is 25.5 Å². The van der Waals surface area contributed by atoms with Crippen LogP contribution in [0.15, 0.2) is 35.0 Å². The van der Waals surface area contributed by atoms with E-state index in [0.29, 0.717) is 15.9 Å². The predicted octanol–water partition coefficient (Wildman–Crippen LogP) is 3.59. The van der Waals surface area contributed by atoms with E-state index in [1.54, 1.807) is 23.5 Å². The average molecular weight is 382 g/mol. The van der Waals surface area contributed by atoms with E-state index in [4.69, 9.17) is 23.2 Å². The minimum Gasteiger partial charge on any atom is -0.348 e. The van der Waals surface area contributed by atoms with Crippen LogP contribution in [-0.2, 0) is 11.3 Å². The topological polar surface area (TPSA) is 72.7 Å². The molecule has 2 aromatic heterocycles. The van der Waals surface area contributed by atoms with Gasteiger partial charge >= 0.3 is 0 Å². The van der Waals surface area contributed by atoms with Gasteiger partial charge in [-0.15, -0.1) is 10.2 Å². The highest BCUT2D eigenvalue weighted by atomic mass is 35.5. The Labute approximate surface area is 152 Å². The lowest BCUT2D eigenvalue weighted by atomic mass is 10.1. The standard InChI is InChI=1S/C15H13Cl2N5OS/c1-9(10-2-3-12(16)13(17)6-10)18-14(23)7-22-20-15(19-21-22)11-4-5-24-8-11/h2-6,8-9H,7H2,1H3,(H,18,23)/t9-/m1/s1. The van der Waals surface area contributed by atoms with Gasteiger partial charge in [0.15, 0.2) is 0 Å². The van der Waals surface area contributed by atoms with E-state index in [-0.39, 0.29) is 18.5 Å². The van der Waals surface area contributed by atoms with Gasteiger partial charge in [-0.25, -0.2) is 0 Å². The third-order valence-electron chi connectivity index (χ3n) is 3.34. The van der Waals surface area contributed by atoms with E-state index in [1.165, 1.54) is 4.80 Å². The van der Waals surface area contributed by atoms with Gasteiger partial charge in [0.25, 0.3) is 0 Å². The molecule has 1 amide bonds. The zero-order chi connectivity index (χ0) is 17.1. The first kappa shape index (κ1) is 16.9. The molecule has 0 fully saturated rings. The molecule has 1 aromatic carbocycles. The molecule has 0 spiro atoms. The maximum absolute atomic E-state index is 12.1. The highest BCUT2D eigenvalue weighted by Gasteiger charge is 2.13. The number of rotatable bonds is 5. The normalized spacial score (nSPS) is 12.1. The van der Waals surface area contributed by atoms with Crippen LogP contribution in [0.5, 0.6) is 0 Å². The average Bonchev–Trinajstić information content (AvgIpc) is 3.20. The highest BCUT2D eigenvalue weighted by Crippen LogP contribution is 2.25. The Morgan fingerprint density at radius 1 is 1.33 bits per heavy atom. The maximum atomic E-state index is 12.1. The van der Waals surface area contributed by atoms with Gasteiger partial charge in [0.1, 0.15) is 6.54 Å². The Morgan fingerprint density at radius 3 is 2.88 bits per heavy atom. The number of carbonyl (C=O) groups excluding carboxylic acids is 1. The summed E-state index contributed by atoms with van der Waals surface area (Å²) in [7, 11) is 0. The lowest BCUT2D eigenvalue weighted by Gasteiger charge is -2.14. The molecule has 0 saturated heterocycles. The molecular weight excluding hydrogens is 369 g/mol. The minimum atomic E-state index is -0.220. The quantitative estimate of drug-likeness (QED) is 0.732. The van der Waals surface area contributed by atoms with Crippen molar-refractivity contribution >= 4 is 40.4 Å². The Morgan fingerprint density at radius 2 is 2.17 bits per heavy atom. The van der Waals surface area contributed by atoms with Gasteiger partial charge < -0.3 is 5.32 Å². The molecule has 9 heteroatoms. The van der Waals surface area contributed by atoms with Gasteiger partial charge in [0, 0.05) is 10.9 Å². The van der Waals surface area contributed by atoms with Crippen LogP contribution in [-0.4, -0.2) is 26.1 Å². The molecule has 3 aromatic rings. The number of halogens is 2. The van der Waals surface area contributed by atoms with Gasteiger partial charge in [0.2, 0.25) is 11.7 Å². The van der Waals surface area contributed by atoms with Gasteiger partial charge in [-0.2, -0.15) is 16.1 Å². The van der Waals surface area contributed by atoms with Crippen LogP contribution in [0.4, 0.5) is 0 Å². The summed E-state index contributed by atoms with van der Waals surface area (Å²) in [5.41, 5.74) is 1.75. The van der Waals surface area contributed by atoms with E-state index < -0.39 is 0 Å². The van der Waals surface area contributed by atoms with Gasteiger partial charge in [-0.3, -0.25) is 4.79 Å². The zero-order valence-electron chi connectivity index (χ0n) is 12.6. The fourth-order valence-corrected chi connectivity index (χ4v) is 3.04. The lowest BCUT2D eigenvalue weighted by Crippen LogP contribution is -2.30. The van der Waals surface area contributed by atoms with Crippen molar-refractivity contribution in [3.05, 3.63) is 50.6 Å². The number of carbonyl (C=O) groups is 1. The number of tetrazole rings is 1. The fraction of sp³-hybridized carbons (Fsp3) is 0.200. The number of nitrogens with zero attached hydrogens (tertiary/aromatic N) is 4. The SMILES string of the molecule is C[C@@H](NC(=O)Cn1nnc(-c2ccsc2)n1)c1ccc(Cl)c(Cl)c1. The van der Waals surface area contributed by atoms with Crippen molar-refractivity contribution in [3.63, 3.8) is 0 Å². The molecule has 0 aliphatic rings. The summed E-state index contributed by atoms with van der Waals surface area (Å²) in [6.07, 6.45) is 0. The van der Waals surface area contributed by atoms with Crippen LogP contribution < -0.4 is 5.32 Å². The number of thiophene rings is 1. The number of hydrogen-bond acceptors (Lipinski definition) is 5. The first-order chi connectivity index (χ1) is 11.5. The molecule has 0 bridgehead atoms. The van der Waals surface area contributed by atoms with Crippen LogP contribution in [0.3, 0.4) is 0 Å². The number of amides is 1. The second-order valence-electron chi connectivity index (χ2n) is 5.12. The number of nitrogens with one attached hydrogen (secondary N) is 1. The summed E-state index contributed by atoms with van der Waals surface area (Å²) in [6, 6.07) is 6.94. The van der Waals surface area contributed by atoms with E-state index in [0.717, 1.165) is 11.1 Å². The molecule has 3 rings (SSSR count). The monoisotopic (exact) mass is 381 g/mol. The van der Waals surface area contributed by atoms with Crippen molar-refractivity contribution in [2.75, 3.05) is 0 Å². The molecule has 124 valence electrons. The molecule has 24 heavy (non-hydrogen) atoms. The van der Waals surface area contributed by atoms with Gasteiger partial charge in [-0.1, -0.05) is 29.3 Å². The third kappa shape index (κ3) is 3.92. The summed E-state index contributed by atoms with van der Waals surface area (Å²) in [5, 5.41) is 19.7. The molecule has 2 heterocycles. The molecule has 1 atom stereocenters. The van der Waals surface area contributed by atoms with E-state index >= 15 is 0 Å². The van der Waals surface area contributed by atoms with Crippen LogP contribution in [0.25, 0.3) is 11.4 Å². The Balaban J connectivity index is 1.62. The van der Waals surface area contributed by atoms with Crippen LogP contribution in [0.2, 0.25) is 10.0 Å². The fourth-order valence-electron chi connectivity index (χ4n) is 2.10. The number of aromatic nitrogens is 4. The molecule has 0 unspecified atom stereocenters. The van der Waals surface area contributed by atoms with Gasteiger partial charge in [0.05, 0.1) is 16.1 Å². The Hall–Kier alpha value is -1.96. The minimum absolute atomic E-state index is 0.0111. The van der Waals surface area contributed by atoms with Crippen LogP contribution >= 0.6 is 34.5 Å². The van der Waals surface area contributed by atoms with E-state index in [1.807, 2.05) is 29.8 Å². The molecule has 0 aliphatic carbocycles. The van der Waals surface area contributed by atoms with E-state index in [2.05, 4.69) is 20.7 Å². The highest BCUT2D eigenvalue weighted by molar-refractivity contribution is 7.08. The molecule has 0 radical (unpaired) electrons.